The summed E-state index contributed by atoms with van der Waals surface area (Å²) >= 11 is 0. The van der Waals surface area contributed by atoms with Gasteiger partial charge in [0.05, 0.1) is 0 Å². The number of guanidine groups is 1. The zero-order valence-electron chi connectivity index (χ0n) is 11.4. The Hall–Kier alpha value is -1.26. The molecule has 1 fully saturated rings. The maximum Gasteiger partial charge on any atom is 0.221 e. The van der Waals surface area contributed by atoms with Gasteiger partial charge in [-0.2, -0.15) is 0 Å². The summed E-state index contributed by atoms with van der Waals surface area (Å²) in [7, 11) is 0. The molecule has 104 valence electrons. The second kappa shape index (κ2) is 8.78. The highest BCUT2D eigenvalue weighted by atomic mass is 16.1. The predicted octanol–water partition coefficient (Wildman–Crippen LogP) is 1.14. The Bertz CT molecular complexity index is 272. The van der Waals surface area contributed by atoms with Gasteiger partial charge in [-0.05, 0) is 19.3 Å². The molecule has 1 amide bonds. The van der Waals surface area contributed by atoms with Gasteiger partial charge in [0, 0.05) is 25.6 Å². The summed E-state index contributed by atoms with van der Waals surface area (Å²) in [4.78, 5) is 15.8. The van der Waals surface area contributed by atoms with Crippen molar-refractivity contribution in [3.8, 4) is 0 Å². The second-order valence-electron chi connectivity index (χ2n) is 4.85. The molecule has 4 N–H and O–H groups in total. The molecule has 0 unspecified atom stereocenters. The van der Waals surface area contributed by atoms with E-state index in [0.29, 0.717) is 25.0 Å². The molecule has 0 heterocycles. The summed E-state index contributed by atoms with van der Waals surface area (Å²) in [6.45, 7) is 3.33. The zero-order chi connectivity index (χ0) is 13.2. The predicted molar refractivity (Wildman–Crippen MR) is 74.4 cm³/mol. The van der Waals surface area contributed by atoms with Gasteiger partial charge in [0.25, 0.3) is 0 Å². The molecular formula is C13H26N4O. The molecule has 1 rings (SSSR count). The van der Waals surface area contributed by atoms with Crippen molar-refractivity contribution in [1.82, 2.24) is 10.6 Å². The van der Waals surface area contributed by atoms with E-state index in [1.54, 1.807) is 0 Å². The Morgan fingerprint density at radius 2 is 2.06 bits per heavy atom. The average Bonchev–Trinajstić information content (AvgIpc) is 2.37. The molecule has 18 heavy (non-hydrogen) atoms. The Labute approximate surface area is 110 Å². The van der Waals surface area contributed by atoms with E-state index in [-0.39, 0.29) is 5.91 Å². The van der Waals surface area contributed by atoms with E-state index in [9.17, 15) is 4.79 Å². The van der Waals surface area contributed by atoms with Crippen LogP contribution in [0.3, 0.4) is 0 Å². The first-order valence-corrected chi connectivity index (χ1v) is 7.05. The van der Waals surface area contributed by atoms with Gasteiger partial charge in [-0.3, -0.25) is 9.79 Å². The number of carbonyl (C=O) groups is 1. The number of carbonyl (C=O) groups excluding carboxylic acids is 1. The van der Waals surface area contributed by atoms with Crippen molar-refractivity contribution in [2.24, 2.45) is 10.7 Å². The second-order valence-corrected chi connectivity index (χ2v) is 4.85. The number of hydrogen-bond donors (Lipinski definition) is 3. The highest BCUT2D eigenvalue weighted by Crippen LogP contribution is 2.17. The van der Waals surface area contributed by atoms with Crippen molar-refractivity contribution in [2.75, 3.05) is 13.1 Å². The van der Waals surface area contributed by atoms with Crippen LogP contribution in [-0.2, 0) is 4.79 Å². The van der Waals surface area contributed by atoms with Crippen molar-refractivity contribution >= 4 is 11.9 Å². The first-order valence-electron chi connectivity index (χ1n) is 7.05. The van der Waals surface area contributed by atoms with E-state index in [4.69, 9.17) is 5.73 Å². The maximum atomic E-state index is 11.7. The lowest BCUT2D eigenvalue weighted by molar-refractivity contribution is -0.121. The number of nitrogens with two attached hydrogens (primary N) is 1. The third kappa shape index (κ3) is 6.47. The van der Waals surface area contributed by atoms with E-state index in [0.717, 1.165) is 25.8 Å². The van der Waals surface area contributed by atoms with Gasteiger partial charge in [0.2, 0.25) is 5.91 Å². The summed E-state index contributed by atoms with van der Waals surface area (Å²) in [5, 5.41) is 6.03. The van der Waals surface area contributed by atoms with Crippen molar-refractivity contribution in [3.05, 3.63) is 0 Å². The maximum absolute atomic E-state index is 11.7. The molecule has 0 bridgehead atoms. The van der Waals surface area contributed by atoms with Crippen LogP contribution in [0.25, 0.3) is 0 Å². The Balaban J connectivity index is 2.09. The van der Waals surface area contributed by atoms with Gasteiger partial charge in [-0.1, -0.05) is 26.2 Å². The van der Waals surface area contributed by atoms with Crippen LogP contribution < -0.4 is 16.4 Å². The molecule has 0 aliphatic heterocycles. The molecule has 1 saturated carbocycles. The number of nitrogens with one attached hydrogen (secondary N) is 2. The van der Waals surface area contributed by atoms with Crippen LogP contribution in [0.4, 0.5) is 0 Å². The number of aliphatic imine (C=N–C) groups is 1. The molecule has 0 aromatic rings. The molecule has 5 heteroatoms. The average molecular weight is 254 g/mol. The van der Waals surface area contributed by atoms with E-state index >= 15 is 0 Å². The highest BCUT2D eigenvalue weighted by molar-refractivity contribution is 5.80. The van der Waals surface area contributed by atoms with Gasteiger partial charge in [-0.15, -0.1) is 0 Å². The van der Waals surface area contributed by atoms with Crippen LogP contribution in [0.15, 0.2) is 4.99 Å². The number of amides is 1. The highest BCUT2D eigenvalue weighted by Gasteiger charge is 2.15. The molecular weight excluding hydrogens is 228 g/mol. The van der Waals surface area contributed by atoms with Crippen LogP contribution >= 0.6 is 0 Å². The fraction of sp³-hybridized carbons (Fsp3) is 0.846. The standard InChI is InChI=1S/C13H26N4O/c1-2-9-15-13(14)16-10-8-12(18)17-11-6-4-3-5-7-11/h11H,2-10H2,1H3,(H,17,18)(H3,14,15,16). The molecule has 0 aromatic heterocycles. The zero-order valence-corrected chi connectivity index (χ0v) is 11.4. The summed E-state index contributed by atoms with van der Waals surface area (Å²) < 4.78 is 0. The lowest BCUT2D eigenvalue weighted by Gasteiger charge is -2.22. The Kier molecular flexibility index (Phi) is 7.22. The van der Waals surface area contributed by atoms with Crippen LogP contribution in [0.2, 0.25) is 0 Å². The third-order valence-electron chi connectivity index (χ3n) is 3.13. The molecule has 1 aliphatic rings. The van der Waals surface area contributed by atoms with E-state index in [2.05, 4.69) is 15.6 Å². The molecule has 5 nitrogen and oxygen atoms in total. The molecule has 0 atom stereocenters. The molecule has 0 radical (unpaired) electrons. The molecule has 0 aromatic carbocycles. The number of nitrogens with zero attached hydrogens (tertiary/aromatic N) is 1. The normalized spacial score (nSPS) is 17.5. The van der Waals surface area contributed by atoms with Gasteiger partial charge in [-0.25, -0.2) is 0 Å². The summed E-state index contributed by atoms with van der Waals surface area (Å²) in [5.41, 5.74) is 5.64. The smallest absolute Gasteiger partial charge is 0.221 e. The van der Waals surface area contributed by atoms with Crippen LogP contribution in [-0.4, -0.2) is 31.0 Å². The van der Waals surface area contributed by atoms with Crippen LogP contribution in [0.5, 0.6) is 0 Å². The summed E-state index contributed by atoms with van der Waals surface area (Å²) in [6, 6.07) is 0.386. The van der Waals surface area contributed by atoms with E-state index in [1.165, 1.54) is 19.3 Å². The number of hydrogen-bond acceptors (Lipinski definition) is 2. The minimum absolute atomic E-state index is 0.109. The summed E-state index contributed by atoms with van der Waals surface area (Å²) in [5.74, 6) is 0.542. The summed E-state index contributed by atoms with van der Waals surface area (Å²) in [6.07, 6.45) is 7.46. The van der Waals surface area contributed by atoms with Crippen molar-refractivity contribution in [2.45, 2.75) is 57.9 Å². The van der Waals surface area contributed by atoms with Crippen molar-refractivity contribution < 1.29 is 4.79 Å². The van der Waals surface area contributed by atoms with Gasteiger partial charge >= 0.3 is 0 Å². The fourth-order valence-corrected chi connectivity index (χ4v) is 2.14. The van der Waals surface area contributed by atoms with Gasteiger partial charge in [0.1, 0.15) is 0 Å². The van der Waals surface area contributed by atoms with Gasteiger partial charge < -0.3 is 16.4 Å². The minimum atomic E-state index is 0.109. The minimum Gasteiger partial charge on any atom is -0.370 e. The van der Waals surface area contributed by atoms with E-state index < -0.39 is 0 Å². The lowest BCUT2D eigenvalue weighted by atomic mass is 9.95. The molecule has 0 saturated heterocycles. The van der Waals surface area contributed by atoms with Crippen LogP contribution in [0.1, 0.15) is 51.9 Å². The SMILES string of the molecule is CCCN=C(N)NCCC(=O)NC1CCCCC1. The molecule has 0 spiro atoms. The van der Waals surface area contributed by atoms with Gasteiger partial charge in [0.15, 0.2) is 5.96 Å². The first kappa shape index (κ1) is 14.8. The quantitative estimate of drug-likeness (QED) is 0.491. The third-order valence-corrected chi connectivity index (χ3v) is 3.13. The largest absolute Gasteiger partial charge is 0.370 e. The Morgan fingerprint density at radius 3 is 2.72 bits per heavy atom. The first-order chi connectivity index (χ1) is 8.72. The lowest BCUT2D eigenvalue weighted by Crippen LogP contribution is -2.39. The molecule has 1 aliphatic carbocycles. The topological polar surface area (TPSA) is 79.5 Å². The number of rotatable bonds is 6. The Morgan fingerprint density at radius 1 is 1.33 bits per heavy atom. The monoisotopic (exact) mass is 254 g/mol. The fourth-order valence-electron chi connectivity index (χ4n) is 2.14. The van der Waals surface area contributed by atoms with Crippen molar-refractivity contribution in [3.63, 3.8) is 0 Å². The van der Waals surface area contributed by atoms with E-state index in [1.807, 2.05) is 6.92 Å². The van der Waals surface area contributed by atoms with Crippen LogP contribution in [0, 0.1) is 0 Å². The van der Waals surface area contributed by atoms with Crippen molar-refractivity contribution in [1.29, 1.82) is 0 Å².